The first-order valence-corrected chi connectivity index (χ1v) is 11.6. The molecule has 1 aliphatic heterocycles. The summed E-state index contributed by atoms with van der Waals surface area (Å²) in [5, 5.41) is 37.8. The van der Waals surface area contributed by atoms with Crippen LogP contribution in [0.5, 0.6) is 34.5 Å². The zero-order valence-corrected chi connectivity index (χ0v) is 20.6. The predicted octanol–water partition coefficient (Wildman–Crippen LogP) is 3.77. The molecule has 3 N–H and O–H groups in total. The van der Waals surface area contributed by atoms with Crippen LogP contribution < -0.4 is 14.2 Å². The molecule has 1 aliphatic rings. The molecule has 1 heterocycles. The van der Waals surface area contributed by atoms with Crippen molar-refractivity contribution in [3.05, 3.63) is 48.5 Å². The first kappa shape index (κ1) is 25.0. The van der Waals surface area contributed by atoms with Crippen LogP contribution in [0.3, 0.4) is 0 Å². The van der Waals surface area contributed by atoms with E-state index in [4.69, 9.17) is 14.2 Å². The third-order valence-electron chi connectivity index (χ3n) is 6.11. The van der Waals surface area contributed by atoms with Crippen molar-refractivity contribution in [2.75, 3.05) is 54.1 Å². The topological polar surface area (TPSA) is 107 Å². The van der Waals surface area contributed by atoms with Crippen molar-refractivity contribution in [3.8, 4) is 56.8 Å². The molecule has 0 unspecified atom stereocenters. The van der Waals surface area contributed by atoms with Crippen molar-refractivity contribution in [3.63, 3.8) is 0 Å². The van der Waals surface area contributed by atoms with E-state index in [9.17, 15) is 15.3 Å². The highest BCUT2D eigenvalue weighted by atomic mass is 16.5. The Morgan fingerprint density at radius 2 is 1.56 bits per heavy atom. The van der Waals surface area contributed by atoms with Gasteiger partial charge in [0.25, 0.3) is 0 Å². The second-order valence-electron chi connectivity index (χ2n) is 8.48. The molecule has 3 aromatic rings. The lowest BCUT2D eigenvalue weighted by Crippen LogP contribution is -2.41. The Bertz CT molecular complexity index is 1220. The van der Waals surface area contributed by atoms with E-state index in [0.717, 1.165) is 31.7 Å². The van der Waals surface area contributed by atoms with E-state index >= 15 is 0 Å². The molecule has 36 heavy (non-hydrogen) atoms. The van der Waals surface area contributed by atoms with Gasteiger partial charge in [0.05, 0.1) is 26.0 Å². The minimum Gasteiger partial charge on any atom is -0.508 e. The molecule has 0 spiro atoms. The van der Waals surface area contributed by atoms with Crippen LogP contribution >= 0.6 is 0 Å². The SMILES string of the molecule is COc1cc(-c2ccc(O)cc2)c(OC)c(O)c1-c1ccc(OCC=NN2CCN(C)CC2)c(O)c1. The third kappa shape index (κ3) is 5.41. The highest BCUT2D eigenvalue weighted by Crippen LogP contribution is 2.50. The van der Waals surface area contributed by atoms with Crippen molar-refractivity contribution in [1.29, 1.82) is 0 Å². The normalized spacial score (nSPS) is 14.2. The number of nitrogens with zero attached hydrogens (tertiary/aromatic N) is 3. The zero-order valence-electron chi connectivity index (χ0n) is 20.6. The van der Waals surface area contributed by atoms with Gasteiger partial charge < -0.3 is 34.4 Å². The van der Waals surface area contributed by atoms with Crippen molar-refractivity contribution in [2.45, 2.75) is 0 Å². The molecule has 0 radical (unpaired) electrons. The van der Waals surface area contributed by atoms with Crippen LogP contribution in [0.1, 0.15) is 0 Å². The first-order chi connectivity index (χ1) is 17.4. The van der Waals surface area contributed by atoms with Gasteiger partial charge in [-0.2, -0.15) is 5.10 Å². The number of aromatic hydroxyl groups is 3. The number of phenols is 3. The van der Waals surface area contributed by atoms with Gasteiger partial charge in [-0.25, -0.2) is 0 Å². The highest BCUT2D eigenvalue weighted by molar-refractivity contribution is 5.88. The second-order valence-corrected chi connectivity index (χ2v) is 8.48. The van der Waals surface area contributed by atoms with Crippen molar-refractivity contribution in [2.24, 2.45) is 5.10 Å². The zero-order chi connectivity index (χ0) is 25.7. The van der Waals surface area contributed by atoms with E-state index in [1.165, 1.54) is 20.3 Å². The quantitative estimate of drug-likeness (QED) is 0.407. The number of piperazine rings is 1. The molecular formula is C27H31N3O6. The third-order valence-corrected chi connectivity index (χ3v) is 6.11. The van der Waals surface area contributed by atoms with Gasteiger partial charge in [0, 0.05) is 31.7 Å². The first-order valence-electron chi connectivity index (χ1n) is 11.6. The lowest BCUT2D eigenvalue weighted by Gasteiger charge is -2.30. The Hall–Kier alpha value is -4.11. The monoisotopic (exact) mass is 493 g/mol. The summed E-state index contributed by atoms with van der Waals surface area (Å²) in [7, 11) is 5.06. The van der Waals surface area contributed by atoms with Crippen molar-refractivity contribution < 1.29 is 29.5 Å². The van der Waals surface area contributed by atoms with Gasteiger partial charge in [0.15, 0.2) is 23.0 Å². The van der Waals surface area contributed by atoms with Crippen LogP contribution in [0, 0.1) is 0 Å². The fraction of sp³-hybridized carbons (Fsp3) is 0.296. The number of rotatable bonds is 8. The van der Waals surface area contributed by atoms with Gasteiger partial charge >= 0.3 is 0 Å². The van der Waals surface area contributed by atoms with Crippen molar-refractivity contribution in [1.82, 2.24) is 9.91 Å². The van der Waals surface area contributed by atoms with E-state index in [1.54, 1.807) is 48.7 Å². The number of methoxy groups -OCH3 is 2. The Morgan fingerprint density at radius 1 is 0.861 bits per heavy atom. The van der Waals surface area contributed by atoms with Crippen molar-refractivity contribution >= 4 is 6.21 Å². The molecule has 0 aromatic heterocycles. The van der Waals surface area contributed by atoms with E-state index in [2.05, 4.69) is 17.0 Å². The molecule has 9 heteroatoms. The number of ether oxygens (including phenoxy) is 3. The maximum Gasteiger partial charge on any atom is 0.170 e. The summed E-state index contributed by atoms with van der Waals surface area (Å²) < 4.78 is 16.8. The van der Waals surface area contributed by atoms with Crippen LogP contribution in [-0.4, -0.2) is 85.5 Å². The minimum absolute atomic E-state index is 0.0801. The number of hydrogen-bond acceptors (Lipinski definition) is 9. The molecule has 4 rings (SSSR count). The number of hydrogen-bond donors (Lipinski definition) is 3. The van der Waals surface area contributed by atoms with Gasteiger partial charge in [0.1, 0.15) is 18.1 Å². The van der Waals surface area contributed by atoms with Gasteiger partial charge in [-0.1, -0.05) is 18.2 Å². The number of likely N-dealkylation sites (N-methyl/N-ethyl adjacent to an activating group) is 1. The fourth-order valence-corrected chi connectivity index (χ4v) is 4.11. The van der Waals surface area contributed by atoms with Gasteiger partial charge in [-0.3, -0.25) is 5.01 Å². The van der Waals surface area contributed by atoms with Crippen LogP contribution in [-0.2, 0) is 0 Å². The van der Waals surface area contributed by atoms with Crippen LogP contribution in [0.2, 0.25) is 0 Å². The lowest BCUT2D eigenvalue weighted by atomic mass is 9.96. The molecule has 190 valence electrons. The van der Waals surface area contributed by atoms with Crippen LogP contribution in [0.15, 0.2) is 53.6 Å². The molecule has 3 aromatic carbocycles. The standard InChI is InChI=1S/C27H31N3O6/c1-29-11-13-30(14-12-29)28-10-15-36-23-9-6-19(16-22(23)32)25-24(34-2)17-21(27(35-3)26(25)33)18-4-7-20(31)8-5-18/h4-10,16-17,31-33H,11-15H2,1-3H3. The van der Waals surface area contributed by atoms with Gasteiger partial charge in [-0.15, -0.1) is 0 Å². The Kier molecular flexibility index (Phi) is 7.70. The molecule has 0 aliphatic carbocycles. The number of hydrazone groups is 1. The Labute approximate surface area is 210 Å². The van der Waals surface area contributed by atoms with Crippen LogP contribution in [0.4, 0.5) is 0 Å². The molecule has 9 nitrogen and oxygen atoms in total. The lowest BCUT2D eigenvalue weighted by molar-refractivity contribution is 0.159. The summed E-state index contributed by atoms with van der Waals surface area (Å²) in [6, 6.07) is 13.2. The molecule has 0 bridgehead atoms. The summed E-state index contributed by atoms with van der Waals surface area (Å²) in [6.07, 6.45) is 1.68. The van der Waals surface area contributed by atoms with E-state index in [0.29, 0.717) is 28.2 Å². The van der Waals surface area contributed by atoms with E-state index in [-0.39, 0.29) is 29.6 Å². The molecule has 1 saturated heterocycles. The Balaban J connectivity index is 1.56. The molecular weight excluding hydrogens is 462 g/mol. The summed E-state index contributed by atoms with van der Waals surface area (Å²) in [6.45, 7) is 3.89. The second kappa shape index (κ2) is 11.1. The average molecular weight is 494 g/mol. The summed E-state index contributed by atoms with van der Waals surface area (Å²) in [4.78, 5) is 2.26. The summed E-state index contributed by atoms with van der Waals surface area (Å²) >= 11 is 0. The maximum atomic E-state index is 11.1. The molecule has 0 atom stereocenters. The Morgan fingerprint density at radius 3 is 2.19 bits per heavy atom. The average Bonchev–Trinajstić information content (AvgIpc) is 2.88. The fourth-order valence-electron chi connectivity index (χ4n) is 4.11. The van der Waals surface area contributed by atoms with Gasteiger partial charge in [-0.05, 0) is 48.5 Å². The van der Waals surface area contributed by atoms with Gasteiger partial charge in [0.2, 0.25) is 0 Å². The smallest absolute Gasteiger partial charge is 0.170 e. The highest BCUT2D eigenvalue weighted by Gasteiger charge is 2.22. The van der Waals surface area contributed by atoms with E-state index in [1.807, 2.05) is 5.01 Å². The predicted molar refractivity (Wildman–Crippen MR) is 138 cm³/mol. The summed E-state index contributed by atoms with van der Waals surface area (Å²) in [5.41, 5.74) is 2.22. The molecule has 0 saturated carbocycles. The summed E-state index contributed by atoms with van der Waals surface area (Å²) in [5.74, 6) is 0.861. The molecule has 1 fully saturated rings. The van der Waals surface area contributed by atoms with Crippen LogP contribution in [0.25, 0.3) is 22.3 Å². The number of phenolic OH excluding ortho intramolecular Hbond substituents is 3. The minimum atomic E-state index is -0.132. The largest absolute Gasteiger partial charge is 0.508 e. The number of benzene rings is 3. The van der Waals surface area contributed by atoms with E-state index < -0.39 is 0 Å². The molecule has 0 amide bonds. The maximum absolute atomic E-state index is 11.1.